The van der Waals surface area contributed by atoms with Crippen molar-refractivity contribution in [3.63, 3.8) is 0 Å². The Morgan fingerprint density at radius 3 is 2.48 bits per heavy atom. The number of piperidine rings is 1. The first kappa shape index (κ1) is 18.6. The summed E-state index contributed by atoms with van der Waals surface area (Å²) in [6.45, 7) is 3.90. The minimum absolute atomic E-state index is 0.0850. The first-order valence-electron chi connectivity index (χ1n) is 9.92. The lowest BCUT2D eigenvalue weighted by molar-refractivity contribution is -0.132. The largest absolute Gasteiger partial charge is 0.420 e. The third-order valence-corrected chi connectivity index (χ3v) is 6.05. The highest BCUT2D eigenvalue weighted by atomic mass is 35.5. The van der Waals surface area contributed by atoms with E-state index in [1.54, 1.807) is 22.8 Å². The maximum absolute atomic E-state index is 12.6. The van der Waals surface area contributed by atoms with E-state index in [0.717, 1.165) is 57.4 Å². The number of fused-ring (bicyclic) bond motifs is 1. The fourth-order valence-electron chi connectivity index (χ4n) is 4.30. The normalized spacial score (nSPS) is 20.1. The summed E-state index contributed by atoms with van der Waals surface area (Å²) in [6, 6.07) is 5.34. The van der Waals surface area contributed by atoms with Crippen molar-refractivity contribution >= 4 is 28.6 Å². The second kappa shape index (κ2) is 8.07. The number of benzene rings is 1. The summed E-state index contributed by atoms with van der Waals surface area (Å²) < 4.78 is 7.10. The highest BCUT2D eigenvalue weighted by Gasteiger charge is 2.26. The summed E-state index contributed by atoms with van der Waals surface area (Å²) in [5.41, 5.74) is 1.33. The predicted molar refractivity (Wildman–Crippen MR) is 105 cm³/mol. The smallest absolute Gasteiger partial charge is 0.408 e. The van der Waals surface area contributed by atoms with Crippen LogP contribution in [0.25, 0.3) is 11.1 Å². The number of amides is 1. The Bertz CT molecular complexity index is 859. The molecular formula is C20H26ClN3O3. The zero-order valence-electron chi connectivity index (χ0n) is 15.5. The van der Waals surface area contributed by atoms with Gasteiger partial charge in [-0.3, -0.25) is 14.3 Å². The first-order chi connectivity index (χ1) is 13.1. The number of hydrogen-bond donors (Lipinski definition) is 0. The molecule has 1 amide bonds. The highest BCUT2D eigenvalue weighted by Crippen LogP contribution is 2.27. The third-order valence-electron chi connectivity index (χ3n) is 5.81. The lowest BCUT2D eigenvalue weighted by atomic mass is 10.0. The van der Waals surface area contributed by atoms with Gasteiger partial charge in [0.05, 0.1) is 12.1 Å². The molecular weight excluding hydrogens is 366 g/mol. The Morgan fingerprint density at radius 2 is 1.78 bits per heavy atom. The van der Waals surface area contributed by atoms with Gasteiger partial charge in [0.25, 0.3) is 0 Å². The van der Waals surface area contributed by atoms with Gasteiger partial charge in [0.15, 0.2) is 5.58 Å². The first-order valence-corrected chi connectivity index (χ1v) is 10.3. The average Bonchev–Trinajstić information content (AvgIpc) is 2.84. The van der Waals surface area contributed by atoms with Crippen LogP contribution in [0.2, 0.25) is 5.02 Å². The van der Waals surface area contributed by atoms with Gasteiger partial charge in [-0.15, -0.1) is 0 Å². The van der Waals surface area contributed by atoms with Crippen molar-refractivity contribution in [3.05, 3.63) is 33.8 Å². The molecule has 7 heteroatoms. The molecule has 0 atom stereocenters. The van der Waals surface area contributed by atoms with Crippen LogP contribution in [0.15, 0.2) is 27.4 Å². The highest BCUT2D eigenvalue weighted by molar-refractivity contribution is 6.31. The molecule has 2 aliphatic heterocycles. The van der Waals surface area contributed by atoms with Gasteiger partial charge in [0, 0.05) is 37.2 Å². The predicted octanol–water partition coefficient (Wildman–Crippen LogP) is 3.29. The number of aromatic nitrogens is 1. The molecule has 1 aromatic heterocycles. The van der Waals surface area contributed by atoms with Crippen LogP contribution >= 0.6 is 11.6 Å². The van der Waals surface area contributed by atoms with Gasteiger partial charge in [-0.1, -0.05) is 24.4 Å². The van der Waals surface area contributed by atoms with E-state index in [-0.39, 0.29) is 17.7 Å². The molecule has 0 saturated carbocycles. The van der Waals surface area contributed by atoms with E-state index in [2.05, 4.69) is 4.90 Å². The van der Waals surface area contributed by atoms with Gasteiger partial charge in [0.1, 0.15) is 0 Å². The SMILES string of the molecule is O=C(CN1CCC(n2c(=O)oc3ccc(Cl)cc32)CC1)N1CCCCCC1. The fourth-order valence-corrected chi connectivity index (χ4v) is 4.47. The molecule has 1 aromatic carbocycles. The summed E-state index contributed by atoms with van der Waals surface area (Å²) in [5, 5.41) is 0.595. The van der Waals surface area contributed by atoms with Crippen LogP contribution in [0.1, 0.15) is 44.6 Å². The van der Waals surface area contributed by atoms with Crippen molar-refractivity contribution < 1.29 is 9.21 Å². The minimum Gasteiger partial charge on any atom is -0.408 e. The molecule has 2 aromatic rings. The molecule has 2 aliphatic rings. The summed E-state index contributed by atoms with van der Waals surface area (Å²) in [4.78, 5) is 29.2. The van der Waals surface area contributed by atoms with Gasteiger partial charge in [-0.25, -0.2) is 4.79 Å². The Labute approximate surface area is 163 Å². The van der Waals surface area contributed by atoms with Gasteiger partial charge < -0.3 is 9.32 Å². The van der Waals surface area contributed by atoms with E-state index in [1.165, 1.54) is 12.8 Å². The number of halogens is 1. The van der Waals surface area contributed by atoms with Gasteiger partial charge in [0.2, 0.25) is 5.91 Å². The van der Waals surface area contributed by atoms with E-state index in [9.17, 15) is 9.59 Å². The number of hydrogen-bond acceptors (Lipinski definition) is 4. The Kier molecular flexibility index (Phi) is 5.55. The van der Waals surface area contributed by atoms with E-state index < -0.39 is 0 Å². The Morgan fingerprint density at radius 1 is 1.07 bits per heavy atom. The number of nitrogens with zero attached hydrogens (tertiary/aromatic N) is 3. The molecule has 3 heterocycles. The maximum atomic E-state index is 12.6. The zero-order valence-corrected chi connectivity index (χ0v) is 16.3. The van der Waals surface area contributed by atoms with E-state index in [4.69, 9.17) is 16.0 Å². The molecule has 6 nitrogen and oxygen atoms in total. The van der Waals surface area contributed by atoms with Crippen molar-refractivity contribution in [2.75, 3.05) is 32.7 Å². The van der Waals surface area contributed by atoms with Crippen molar-refractivity contribution in [2.45, 2.75) is 44.6 Å². The second-order valence-electron chi connectivity index (χ2n) is 7.65. The van der Waals surface area contributed by atoms with Crippen LogP contribution in [-0.4, -0.2) is 53.0 Å². The van der Waals surface area contributed by atoms with Crippen molar-refractivity contribution in [2.24, 2.45) is 0 Å². The minimum atomic E-state index is -0.327. The van der Waals surface area contributed by atoms with Crippen molar-refractivity contribution in [1.29, 1.82) is 0 Å². The topological polar surface area (TPSA) is 58.7 Å². The number of carbonyl (C=O) groups is 1. The number of likely N-dealkylation sites (tertiary alicyclic amines) is 2. The van der Waals surface area contributed by atoms with E-state index in [0.29, 0.717) is 17.2 Å². The molecule has 2 saturated heterocycles. The summed E-state index contributed by atoms with van der Waals surface area (Å²) in [6.07, 6.45) is 6.35. The summed E-state index contributed by atoms with van der Waals surface area (Å²) in [7, 11) is 0. The van der Waals surface area contributed by atoms with Gasteiger partial charge in [-0.05, 0) is 43.9 Å². The maximum Gasteiger partial charge on any atom is 0.420 e. The molecule has 4 rings (SSSR count). The molecule has 0 spiro atoms. The van der Waals surface area contributed by atoms with Crippen LogP contribution in [0, 0.1) is 0 Å². The summed E-state index contributed by atoms with van der Waals surface area (Å²) >= 11 is 6.10. The molecule has 0 N–H and O–H groups in total. The van der Waals surface area contributed by atoms with E-state index in [1.807, 2.05) is 4.90 Å². The monoisotopic (exact) mass is 391 g/mol. The van der Waals surface area contributed by atoms with Crippen LogP contribution in [0.3, 0.4) is 0 Å². The molecule has 0 bridgehead atoms. The third kappa shape index (κ3) is 4.06. The number of rotatable bonds is 3. The van der Waals surface area contributed by atoms with Crippen LogP contribution in [0.5, 0.6) is 0 Å². The Balaban J connectivity index is 1.39. The summed E-state index contributed by atoms with van der Waals surface area (Å²) in [5.74, 6) is -0.0839. The molecule has 0 aliphatic carbocycles. The zero-order chi connectivity index (χ0) is 18.8. The molecule has 27 heavy (non-hydrogen) atoms. The van der Waals surface area contributed by atoms with Crippen molar-refractivity contribution in [1.82, 2.24) is 14.4 Å². The van der Waals surface area contributed by atoms with Gasteiger partial charge in [-0.2, -0.15) is 0 Å². The molecule has 2 fully saturated rings. The standard InChI is InChI=1S/C20H26ClN3O3/c21-15-5-6-18-17(13-15)24(20(26)27-18)16-7-11-22(12-8-16)14-19(25)23-9-3-1-2-4-10-23/h5-6,13,16H,1-4,7-12,14H2. The lowest BCUT2D eigenvalue weighted by Crippen LogP contribution is -2.44. The fraction of sp³-hybridized carbons (Fsp3) is 0.600. The number of oxazole rings is 1. The van der Waals surface area contributed by atoms with Crippen LogP contribution < -0.4 is 5.76 Å². The van der Waals surface area contributed by atoms with E-state index >= 15 is 0 Å². The molecule has 0 radical (unpaired) electrons. The van der Waals surface area contributed by atoms with Crippen molar-refractivity contribution in [3.8, 4) is 0 Å². The van der Waals surface area contributed by atoms with Crippen LogP contribution in [-0.2, 0) is 4.79 Å². The molecule has 146 valence electrons. The van der Waals surface area contributed by atoms with Crippen LogP contribution in [0.4, 0.5) is 0 Å². The average molecular weight is 392 g/mol. The molecule has 0 unspecified atom stereocenters. The Hall–Kier alpha value is -1.79. The lowest BCUT2D eigenvalue weighted by Gasteiger charge is -2.33. The second-order valence-corrected chi connectivity index (χ2v) is 8.09. The van der Waals surface area contributed by atoms with Gasteiger partial charge >= 0.3 is 5.76 Å². The number of carbonyl (C=O) groups excluding carboxylic acids is 1. The quantitative estimate of drug-likeness (QED) is 0.805.